The Kier molecular flexibility index (Phi) is 5.38. The van der Waals surface area contributed by atoms with E-state index in [4.69, 9.17) is 4.74 Å². The molecule has 0 unspecified atom stereocenters. The first-order valence-corrected chi connectivity index (χ1v) is 8.20. The summed E-state index contributed by atoms with van der Waals surface area (Å²) < 4.78 is 5.44. The zero-order valence-electron chi connectivity index (χ0n) is 14.6. The Bertz CT molecular complexity index is 901. The number of carbonyl (C=O) groups is 1. The number of benzene rings is 1. The molecule has 3 rings (SSSR count). The minimum Gasteiger partial charge on any atom is -0.494 e. The molecule has 0 aliphatic carbocycles. The number of amides is 1. The molecule has 1 aromatic carbocycles. The number of rotatable bonds is 6. The summed E-state index contributed by atoms with van der Waals surface area (Å²) in [5.41, 5.74) is 6.10. The highest BCUT2D eigenvalue weighted by atomic mass is 16.5. The SMILES string of the molecule is CCOc1ccc(-c2n[nH]c(C(=O)NN=Cc3ccncc3)c2C)cc1. The molecule has 2 aromatic heterocycles. The number of carbonyl (C=O) groups excluding carboxylic acids is 1. The van der Waals surface area contributed by atoms with Gasteiger partial charge in [-0.3, -0.25) is 14.9 Å². The summed E-state index contributed by atoms with van der Waals surface area (Å²) >= 11 is 0. The van der Waals surface area contributed by atoms with E-state index in [1.165, 1.54) is 0 Å². The Morgan fingerprint density at radius 2 is 1.96 bits per heavy atom. The Morgan fingerprint density at radius 3 is 2.65 bits per heavy atom. The topological polar surface area (TPSA) is 92.3 Å². The lowest BCUT2D eigenvalue weighted by molar-refractivity contribution is 0.0949. The summed E-state index contributed by atoms with van der Waals surface area (Å²) in [4.78, 5) is 16.2. The van der Waals surface area contributed by atoms with Crippen LogP contribution in [0, 0.1) is 6.92 Å². The fourth-order valence-electron chi connectivity index (χ4n) is 2.45. The van der Waals surface area contributed by atoms with Crippen LogP contribution in [0.2, 0.25) is 0 Å². The van der Waals surface area contributed by atoms with Crippen molar-refractivity contribution in [3.05, 3.63) is 65.6 Å². The number of hydrogen-bond acceptors (Lipinski definition) is 5. The molecule has 2 N–H and O–H groups in total. The lowest BCUT2D eigenvalue weighted by Gasteiger charge is -2.04. The molecule has 1 amide bonds. The van der Waals surface area contributed by atoms with Crippen LogP contribution in [0.3, 0.4) is 0 Å². The minimum absolute atomic E-state index is 0.350. The van der Waals surface area contributed by atoms with Gasteiger partial charge in [-0.15, -0.1) is 0 Å². The van der Waals surface area contributed by atoms with Crippen molar-refractivity contribution in [3.8, 4) is 17.0 Å². The lowest BCUT2D eigenvalue weighted by Crippen LogP contribution is -2.19. The van der Waals surface area contributed by atoms with Crippen LogP contribution in [0.25, 0.3) is 11.3 Å². The molecule has 0 saturated carbocycles. The average molecular weight is 349 g/mol. The average Bonchev–Trinajstić information content (AvgIpc) is 3.05. The van der Waals surface area contributed by atoms with Crippen molar-refractivity contribution in [3.63, 3.8) is 0 Å². The zero-order chi connectivity index (χ0) is 18.4. The number of nitrogens with zero attached hydrogens (tertiary/aromatic N) is 3. The third-order valence-corrected chi connectivity index (χ3v) is 3.76. The molecule has 0 spiro atoms. The standard InChI is InChI=1S/C19H19N5O2/c1-3-26-16-6-4-15(5-7-16)17-13(2)18(23-22-17)19(25)24-21-12-14-8-10-20-11-9-14/h4-12H,3H2,1-2H3,(H,22,23)(H,24,25). The van der Waals surface area contributed by atoms with E-state index in [9.17, 15) is 4.79 Å². The number of ether oxygens (including phenoxy) is 1. The lowest BCUT2D eigenvalue weighted by atomic mass is 10.1. The van der Waals surface area contributed by atoms with E-state index in [-0.39, 0.29) is 5.91 Å². The smallest absolute Gasteiger partial charge is 0.289 e. The maximum Gasteiger partial charge on any atom is 0.289 e. The summed E-state index contributed by atoms with van der Waals surface area (Å²) in [6, 6.07) is 11.2. The number of aromatic amines is 1. The summed E-state index contributed by atoms with van der Waals surface area (Å²) in [5.74, 6) is 0.449. The first kappa shape index (κ1) is 17.3. The first-order valence-electron chi connectivity index (χ1n) is 8.20. The number of pyridine rings is 1. The Morgan fingerprint density at radius 1 is 1.23 bits per heavy atom. The van der Waals surface area contributed by atoms with Crippen molar-refractivity contribution in [2.75, 3.05) is 6.61 Å². The quantitative estimate of drug-likeness (QED) is 0.529. The third kappa shape index (κ3) is 3.94. The predicted molar refractivity (Wildman–Crippen MR) is 99.2 cm³/mol. The van der Waals surface area contributed by atoms with Crippen molar-refractivity contribution < 1.29 is 9.53 Å². The van der Waals surface area contributed by atoms with Crippen molar-refractivity contribution in [2.24, 2.45) is 5.10 Å². The summed E-state index contributed by atoms with van der Waals surface area (Å²) in [5, 5.41) is 11.0. The highest BCUT2D eigenvalue weighted by molar-refractivity contribution is 5.95. The van der Waals surface area contributed by atoms with E-state index in [0.717, 1.165) is 28.1 Å². The molecule has 0 saturated heterocycles. The van der Waals surface area contributed by atoms with Crippen LogP contribution in [0.4, 0.5) is 0 Å². The van der Waals surface area contributed by atoms with E-state index in [2.05, 4.69) is 25.7 Å². The fraction of sp³-hybridized carbons (Fsp3) is 0.158. The normalized spacial score (nSPS) is 10.8. The molecule has 0 atom stereocenters. The Balaban J connectivity index is 1.71. The first-order chi connectivity index (χ1) is 12.7. The molecule has 0 aliphatic rings. The molecule has 0 bridgehead atoms. The highest BCUT2D eigenvalue weighted by Crippen LogP contribution is 2.25. The van der Waals surface area contributed by atoms with Gasteiger partial charge in [-0.05, 0) is 55.8 Å². The van der Waals surface area contributed by atoms with Gasteiger partial charge in [0, 0.05) is 23.5 Å². The van der Waals surface area contributed by atoms with Crippen LogP contribution < -0.4 is 10.2 Å². The molecule has 0 fully saturated rings. The van der Waals surface area contributed by atoms with Gasteiger partial charge in [-0.25, -0.2) is 5.43 Å². The second-order valence-electron chi connectivity index (χ2n) is 5.51. The van der Waals surface area contributed by atoms with Crippen LogP contribution in [0.15, 0.2) is 53.9 Å². The highest BCUT2D eigenvalue weighted by Gasteiger charge is 2.16. The van der Waals surface area contributed by atoms with Gasteiger partial charge in [-0.2, -0.15) is 10.2 Å². The van der Waals surface area contributed by atoms with Gasteiger partial charge in [0.05, 0.1) is 18.5 Å². The maximum atomic E-state index is 12.3. The number of hydrazone groups is 1. The van der Waals surface area contributed by atoms with Gasteiger partial charge in [0.25, 0.3) is 5.91 Å². The maximum absolute atomic E-state index is 12.3. The molecule has 26 heavy (non-hydrogen) atoms. The number of aromatic nitrogens is 3. The molecule has 0 radical (unpaired) electrons. The largest absolute Gasteiger partial charge is 0.494 e. The summed E-state index contributed by atoms with van der Waals surface area (Å²) in [7, 11) is 0. The molecular formula is C19H19N5O2. The summed E-state index contributed by atoms with van der Waals surface area (Å²) in [6.07, 6.45) is 4.87. The van der Waals surface area contributed by atoms with Gasteiger partial charge in [0.1, 0.15) is 11.4 Å². The van der Waals surface area contributed by atoms with E-state index in [1.54, 1.807) is 30.7 Å². The number of H-pyrrole nitrogens is 1. The molecule has 2 heterocycles. The second kappa shape index (κ2) is 8.06. The van der Waals surface area contributed by atoms with E-state index in [0.29, 0.717) is 12.3 Å². The van der Waals surface area contributed by atoms with Crippen LogP contribution >= 0.6 is 0 Å². The van der Waals surface area contributed by atoms with Crippen molar-refractivity contribution in [2.45, 2.75) is 13.8 Å². The van der Waals surface area contributed by atoms with Gasteiger partial charge < -0.3 is 4.74 Å². The van der Waals surface area contributed by atoms with Gasteiger partial charge in [-0.1, -0.05) is 0 Å². The van der Waals surface area contributed by atoms with E-state index in [1.807, 2.05) is 38.1 Å². The van der Waals surface area contributed by atoms with Crippen molar-refractivity contribution in [1.29, 1.82) is 0 Å². The molecule has 3 aromatic rings. The number of hydrogen-bond donors (Lipinski definition) is 2. The van der Waals surface area contributed by atoms with E-state index >= 15 is 0 Å². The molecule has 0 aliphatic heterocycles. The van der Waals surface area contributed by atoms with Crippen LogP contribution in [-0.2, 0) is 0 Å². The summed E-state index contributed by atoms with van der Waals surface area (Å²) in [6.45, 7) is 4.40. The molecule has 7 heteroatoms. The Hall–Kier alpha value is -3.48. The van der Waals surface area contributed by atoms with E-state index < -0.39 is 0 Å². The van der Waals surface area contributed by atoms with Gasteiger partial charge in [0.15, 0.2) is 0 Å². The van der Waals surface area contributed by atoms with Crippen molar-refractivity contribution >= 4 is 12.1 Å². The zero-order valence-corrected chi connectivity index (χ0v) is 14.6. The van der Waals surface area contributed by atoms with Crippen LogP contribution in [0.1, 0.15) is 28.5 Å². The number of nitrogens with one attached hydrogen (secondary N) is 2. The minimum atomic E-state index is -0.350. The van der Waals surface area contributed by atoms with Crippen LogP contribution in [-0.4, -0.2) is 33.9 Å². The molecular weight excluding hydrogens is 330 g/mol. The molecule has 132 valence electrons. The monoisotopic (exact) mass is 349 g/mol. The third-order valence-electron chi connectivity index (χ3n) is 3.76. The van der Waals surface area contributed by atoms with Gasteiger partial charge in [0.2, 0.25) is 0 Å². The van der Waals surface area contributed by atoms with Crippen LogP contribution in [0.5, 0.6) is 5.75 Å². The Labute approximate surface area is 151 Å². The molecule has 7 nitrogen and oxygen atoms in total. The predicted octanol–water partition coefficient (Wildman–Crippen LogP) is 2.94. The second-order valence-corrected chi connectivity index (χ2v) is 5.51. The fourth-order valence-corrected chi connectivity index (χ4v) is 2.45. The van der Waals surface area contributed by atoms with Crippen molar-refractivity contribution in [1.82, 2.24) is 20.6 Å². The van der Waals surface area contributed by atoms with Gasteiger partial charge >= 0.3 is 0 Å².